The Morgan fingerprint density at radius 2 is 1.62 bits per heavy atom. The van der Waals surface area contributed by atoms with Gasteiger partial charge in [-0.15, -0.1) is 0 Å². The van der Waals surface area contributed by atoms with Gasteiger partial charge >= 0.3 is 11.9 Å². The maximum absolute atomic E-state index is 10.6. The Kier molecular flexibility index (Phi) is 7.29. The van der Waals surface area contributed by atoms with E-state index in [2.05, 4.69) is 16.0 Å². The third-order valence-corrected chi connectivity index (χ3v) is 4.37. The number of aromatic nitrogens is 1. The molecule has 1 aliphatic rings. The molecule has 1 aliphatic heterocycles. The van der Waals surface area contributed by atoms with Crippen molar-refractivity contribution in [3.63, 3.8) is 0 Å². The van der Waals surface area contributed by atoms with Gasteiger partial charge in [0.05, 0.1) is 11.1 Å². The average molecular weight is 356 g/mol. The van der Waals surface area contributed by atoms with Gasteiger partial charge in [0.2, 0.25) is 0 Å². The highest BCUT2D eigenvalue weighted by molar-refractivity contribution is 5.96. The third kappa shape index (κ3) is 5.67. The van der Waals surface area contributed by atoms with Gasteiger partial charge in [0.1, 0.15) is 0 Å². The molecule has 2 heterocycles. The minimum atomic E-state index is -1.11. The standard InChI is InChI=1S/C11H16N2.C9H8O4/c1-2-7-13(8-3-1)10-11-5-4-6-12-9-11;1-5-6(8(10)11)3-2-4-7(5)9(12)13/h4-6,9H,1-3,7-8,10H2;2-4H,1H3,(H,10,11)(H,12,13). The van der Waals surface area contributed by atoms with Gasteiger partial charge in [-0.05, 0) is 62.2 Å². The van der Waals surface area contributed by atoms with E-state index < -0.39 is 11.9 Å². The summed E-state index contributed by atoms with van der Waals surface area (Å²) in [6.07, 6.45) is 7.93. The summed E-state index contributed by atoms with van der Waals surface area (Å²) in [5.74, 6) is -2.22. The van der Waals surface area contributed by atoms with Crippen LogP contribution in [0.4, 0.5) is 0 Å². The third-order valence-electron chi connectivity index (χ3n) is 4.37. The molecule has 2 N–H and O–H groups in total. The molecule has 1 saturated heterocycles. The number of carboxylic acid groups (broad SMARTS) is 2. The zero-order chi connectivity index (χ0) is 18.9. The summed E-state index contributed by atoms with van der Waals surface area (Å²) in [6.45, 7) is 5.07. The van der Waals surface area contributed by atoms with Crippen LogP contribution in [0, 0.1) is 6.92 Å². The van der Waals surface area contributed by atoms with E-state index in [1.54, 1.807) is 0 Å². The first kappa shape index (κ1) is 19.6. The van der Waals surface area contributed by atoms with Crippen LogP contribution >= 0.6 is 0 Å². The predicted molar refractivity (Wildman–Crippen MR) is 98.5 cm³/mol. The maximum Gasteiger partial charge on any atom is 0.335 e. The normalized spacial score (nSPS) is 14.2. The quantitative estimate of drug-likeness (QED) is 0.872. The van der Waals surface area contributed by atoms with E-state index in [9.17, 15) is 9.59 Å². The molecule has 1 fully saturated rings. The van der Waals surface area contributed by atoms with Gasteiger partial charge in [0.25, 0.3) is 0 Å². The first-order valence-corrected chi connectivity index (χ1v) is 8.66. The maximum atomic E-state index is 10.6. The smallest absolute Gasteiger partial charge is 0.335 e. The van der Waals surface area contributed by atoms with Crippen LogP contribution in [0.2, 0.25) is 0 Å². The van der Waals surface area contributed by atoms with E-state index in [-0.39, 0.29) is 16.7 Å². The fourth-order valence-electron chi connectivity index (χ4n) is 2.97. The molecule has 26 heavy (non-hydrogen) atoms. The van der Waals surface area contributed by atoms with E-state index in [1.807, 2.05) is 18.5 Å². The van der Waals surface area contributed by atoms with Gasteiger partial charge in [0, 0.05) is 18.9 Å². The molecule has 0 saturated carbocycles. The zero-order valence-corrected chi connectivity index (χ0v) is 14.9. The number of likely N-dealkylation sites (tertiary alicyclic amines) is 1. The Labute approximate surface area is 153 Å². The van der Waals surface area contributed by atoms with Crippen LogP contribution in [0.5, 0.6) is 0 Å². The Bertz CT molecular complexity index is 708. The molecule has 0 aliphatic carbocycles. The Balaban J connectivity index is 0.000000187. The fraction of sp³-hybridized carbons (Fsp3) is 0.350. The minimum absolute atomic E-state index is 0.0277. The monoisotopic (exact) mass is 356 g/mol. The van der Waals surface area contributed by atoms with Gasteiger partial charge in [-0.2, -0.15) is 0 Å². The second-order valence-corrected chi connectivity index (χ2v) is 6.29. The summed E-state index contributed by atoms with van der Waals surface area (Å²) < 4.78 is 0. The van der Waals surface area contributed by atoms with Crippen LogP contribution in [0.25, 0.3) is 0 Å². The summed E-state index contributed by atoms with van der Waals surface area (Å²) in [6, 6.07) is 8.34. The second-order valence-electron chi connectivity index (χ2n) is 6.29. The molecule has 6 nitrogen and oxygen atoms in total. The lowest BCUT2D eigenvalue weighted by Gasteiger charge is -2.26. The molecule has 1 aromatic carbocycles. The zero-order valence-electron chi connectivity index (χ0n) is 14.9. The van der Waals surface area contributed by atoms with Crippen molar-refractivity contribution in [3.05, 3.63) is 65.0 Å². The second kappa shape index (κ2) is 9.68. The van der Waals surface area contributed by atoms with E-state index in [4.69, 9.17) is 10.2 Å². The predicted octanol–water partition coefficient (Wildman–Crippen LogP) is 3.46. The number of rotatable bonds is 4. The first-order chi connectivity index (χ1) is 12.5. The molecule has 3 rings (SSSR count). The van der Waals surface area contributed by atoms with Crippen LogP contribution in [0.3, 0.4) is 0 Å². The number of hydrogen-bond donors (Lipinski definition) is 2. The van der Waals surface area contributed by atoms with Crippen molar-refractivity contribution >= 4 is 11.9 Å². The van der Waals surface area contributed by atoms with Gasteiger partial charge in [0.15, 0.2) is 0 Å². The molecule has 6 heteroatoms. The summed E-state index contributed by atoms with van der Waals surface area (Å²) in [5.41, 5.74) is 1.67. The van der Waals surface area contributed by atoms with Crippen molar-refractivity contribution in [2.45, 2.75) is 32.7 Å². The highest BCUT2D eigenvalue weighted by Crippen LogP contribution is 2.13. The molecule has 0 bridgehead atoms. The van der Waals surface area contributed by atoms with Crippen LogP contribution in [0.1, 0.15) is 51.1 Å². The van der Waals surface area contributed by atoms with Crippen molar-refractivity contribution in [1.29, 1.82) is 0 Å². The lowest BCUT2D eigenvalue weighted by atomic mass is 10.0. The molecule has 2 aromatic rings. The van der Waals surface area contributed by atoms with Crippen molar-refractivity contribution in [1.82, 2.24) is 9.88 Å². The van der Waals surface area contributed by atoms with E-state index in [1.165, 1.54) is 63.0 Å². The number of carboxylic acids is 2. The Morgan fingerprint density at radius 3 is 2.12 bits per heavy atom. The molecule has 0 unspecified atom stereocenters. The van der Waals surface area contributed by atoms with Gasteiger partial charge < -0.3 is 10.2 Å². The molecule has 0 radical (unpaired) electrons. The summed E-state index contributed by atoms with van der Waals surface area (Å²) in [7, 11) is 0. The van der Waals surface area contributed by atoms with Crippen LogP contribution in [-0.2, 0) is 6.54 Å². The summed E-state index contributed by atoms with van der Waals surface area (Å²) in [5, 5.41) is 17.4. The molecule has 0 atom stereocenters. The molecular weight excluding hydrogens is 332 g/mol. The van der Waals surface area contributed by atoms with Gasteiger partial charge in [-0.3, -0.25) is 9.88 Å². The minimum Gasteiger partial charge on any atom is -0.478 e. The average Bonchev–Trinajstić information content (AvgIpc) is 2.63. The van der Waals surface area contributed by atoms with E-state index in [0.29, 0.717) is 0 Å². The highest BCUT2D eigenvalue weighted by Gasteiger charge is 2.13. The summed E-state index contributed by atoms with van der Waals surface area (Å²) in [4.78, 5) is 27.8. The molecule has 0 amide bonds. The van der Waals surface area contributed by atoms with Crippen molar-refractivity contribution < 1.29 is 19.8 Å². The van der Waals surface area contributed by atoms with Gasteiger partial charge in [-0.25, -0.2) is 9.59 Å². The Morgan fingerprint density at radius 1 is 1.00 bits per heavy atom. The molecule has 0 spiro atoms. The number of pyridine rings is 1. The topological polar surface area (TPSA) is 90.7 Å². The lowest BCUT2D eigenvalue weighted by molar-refractivity contribution is 0.0696. The molecular formula is C20H24N2O4. The van der Waals surface area contributed by atoms with Crippen molar-refractivity contribution in [3.8, 4) is 0 Å². The molecule has 138 valence electrons. The largest absolute Gasteiger partial charge is 0.478 e. The van der Waals surface area contributed by atoms with Crippen molar-refractivity contribution in [2.75, 3.05) is 13.1 Å². The number of nitrogens with zero attached hydrogens (tertiary/aromatic N) is 2. The van der Waals surface area contributed by atoms with Crippen LogP contribution < -0.4 is 0 Å². The Hall–Kier alpha value is -2.73. The van der Waals surface area contributed by atoms with Crippen LogP contribution in [-0.4, -0.2) is 45.1 Å². The fourth-order valence-corrected chi connectivity index (χ4v) is 2.97. The van der Waals surface area contributed by atoms with Crippen LogP contribution in [0.15, 0.2) is 42.7 Å². The number of benzene rings is 1. The SMILES string of the molecule is Cc1c(C(=O)O)cccc1C(=O)O.c1cncc(CN2CCCCC2)c1. The number of carbonyl (C=O) groups is 2. The van der Waals surface area contributed by atoms with Gasteiger partial charge in [-0.1, -0.05) is 18.6 Å². The van der Waals surface area contributed by atoms with Crippen molar-refractivity contribution in [2.24, 2.45) is 0 Å². The first-order valence-electron chi connectivity index (χ1n) is 8.66. The van der Waals surface area contributed by atoms with E-state index >= 15 is 0 Å². The lowest BCUT2D eigenvalue weighted by Crippen LogP contribution is -2.29. The number of hydrogen-bond acceptors (Lipinski definition) is 4. The number of piperidine rings is 1. The highest BCUT2D eigenvalue weighted by atomic mass is 16.4. The van der Waals surface area contributed by atoms with E-state index in [0.717, 1.165) is 6.54 Å². The summed E-state index contributed by atoms with van der Waals surface area (Å²) >= 11 is 0. The number of aromatic carboxylic acids is 2. The molecule has 1 aromatic heterocycles.